The minimum atomic E-state index is 0.0694. The molecule has 2 aliphatic heterocycles. The van der Waals surface area contributed by atoms with Crippen molar-refractivity contribution in [2.45, 2.75) is 25.9 Å². The summed E-state index contributed by atoms with van der Waals surface area (Å²) in [6, 6.07) is 0. The molecule has 2 heterocycles. The van der Waals surface area contributed by atoms with Gasteiger partial charge in [-0.15, -0.1) is 0 Å². The molecular weight excluding hydrogens is 230 g/mol. The first-order chi connectivity index (χ1) is 8.79. The Morgan fingerprint density at radius 2 is 2.11 bits per heavy atom. The van der Waals surface area contributed by atoms with Crippen molar-refractivity contribution in [3.8, 4) is 0 Å². The van der Waals surface area contributed by atoms with Crippen molar-refractivity contribution >= 4 is 5.91 Å². The van der Waals surface area contributed by atoms with Gasteiger partial charge in [0.05, 0.1) is 19.1 Å². The van der Waals surface area contributed by atoms with Gasteiger partial charge in [0.15, 0.2) is 0 Å². The topological polar surface area (TPSA) is 44.8 Å². The number of rotatable bonds is 4. The van der Waals surface area contributed by atoms with Crippen LogP contribution >= 0.6 is 0 Å². The molecule has 1 amide bonds. The van der Waals surface area contributed by atoms with Crippen LogP contribution < -0.4 is 5.32 Å². The molecule has 2 aliphatic rings. The van der Waals surface area contributed by atoms with Crippen LogP contribution in [0.25, 0.3) is 0 Å². The average Bonchev–Trinajstić information content (AvgIpc) is 2.41. The smallest absolute Gasteiger partial charge is 0.225 e. The summed E-state index contributed by atoms with van der Waals surface area (Å²) in [4.78, 5) is 16.6. The lowest BCUT2D eigenvalue weighted by Crippen LogP contribution is -2.50. The molecule has 1 atom stereocenters. The van der Waals surface area contributed by atoms with Crippen molar-refractivity contribution in [2.75, 3.05) is 52.4 Å². The summed E-state index contributed by atoms with van der Waals surface area (Å²) in [7, 11) is 0. The lowest BCUT2D eigenvalue weighted by molar-refractivity contribution is -0.136. The summed E-state index contributed by atoms with van der Waals surface area (Å²) < 4.78 is 5.58. The van der Waals surface area contributed by atoms with Crippen LogP contribution in [-0.2, 0) is 9.53 Å². The normalized spacial score (nSPS) is 26.3. The van der Waals surface area contributed by atoms with Crippen LogP contribution in [0, 0.1) is 0 Å². The van der Waals surface area contributed by atoms with Gasteiger partial charge in [-0.05, 0) is 13.0 Å². The van der Waals surface area contributed by atoms with Crippen LogP contribution in [0.3, 0.4) is 0 Å². The molecule has 0 aromatic carbocycles. The summed E-state index contributed by atoms with van der Waals surface area (Å²) in [5.74, 6) is 0.250. The van der Waals surface area contributed by atoms with Crippen LogP contribution in [0.4, 0.5) is 0 Å². The third kappa shape index (κ3) is 3.93. The Morgan fingerprint density at radius 3 is 2.72 bits per heavy atom. The van der Waals surface area contributed by atoms with E-state index in [1.54, 1.807) is 0 Å². The highest BCUT2D eigenvalue weighted by atomic mass is 16.5. The van der Waals surface area contributed by atoms with Gasteiger partial charge in [-0.2, -0.15) is 0 Å². The second kappa shape index (κ2) is 7.07. The van der Waals surface area contributed by atoms with Gasteiger partial charge in [-0.1, -0.05) is 6.92 Å². The maximum atomic E-state index is 12.1. The first kappa shape index (κ1) is 13.8. The van der Waals surface area contributed by atoms with E-state index in [9.17, 15) is 4.79 Å². The van der Waals surface area contributed by atoms with Crippen molar-refractivity contribution < 1.29 is 9.53 Å². The summed E-state index contributed by atoms with van der Waals surface area (Å²) in [5, 5.41) is 3.26. The third-order valence-electron chi connectivity index (χ3n) is 3.67. The van der Waals surface area contributed by atoms with E-state index in [1.807, 2.05) is 4.90 Å². The first-order valence-electron chi connectivity index (χ1n) is 7.12. The summed E-state index contributed by atoms with van der Waals surface area (Å²) in [6.07, 6.45) is 1.79. The molecule has 0 saturated carbocycles. The van der Waals surface area contributed by atoms with Gasteiger partial charge in [0.1, 0.15) is 0 Å². The molecule has 0 aromatic heterocycles. The SMILES string of the molecule is CCCN1CCN(C(=O)CC2CNCCO2)CC1. The molecule has 0 spiro atoms. The van der Waals surface area contributed by atoms with Gasteiger partial charge in [0.2, 0.25) is 5.91 Å². The Balaban J connectivity index is 1.70. The summed E-state index contributed by atoms with van der Waals surface area (Å²) in [6.45, 7) is 9.57. The zero-order valence-corrected chi connectivity index (χ0v) is 11.4. The Kier molecular flexibility index (Phi) is 5.41. The molecule has 5 nitrogen and oxygen atoms in total. The number of piperazine rings is 1. The van der Waals surface area contributed by atoms with Crippen LogP contribution in [0.1, 0.15) is 19.8 Å². The van der Waals surface area contributed by atoms with E-state index in [0.29, 0.717) is 6.42 Å². The Bertz CT molecular complexity index is 259. The largest absolute Gasteiger partial charge is 0.375 e. The predicted octanol–water partition coefficient (Wildman–Crippen LogP) is -0.0809. The van der Waals surface area contributed by atoms with E-state index in [-0.39, 0.29) is 12.0 Å². The molecule has 1 unspecified atom stereocenters. The Labute approximate surface area is 109 Å². The van der Waals surface area contributed by atoms with Crippen molar-refractivity contribution in [3.05, 3.63) is 0 Å². The lowest BCUT2D eigenvalue weighted by Gasteiger charge is -2.35. The molecule has 2 fully saturated rings. The van der Waals surface area contributed by atoms with E-state index < -0.39 is 0 Å². The second-order valence-electron chi connectivity index (χ2n) is 5.12. The average molecular weight is 255 g/mol. The number of nitrogens with one attached hydrogen (secondary N) is 1. The number of ether oxygens (including phenoxy) is 1. The number of hydrogen-bond acceptors (Lipinski definition) is 4. The van der Waals surface area contributed by atoms with Gasteiger partial charge in [0.25, 0.3) is 0 Å². The first-order valence-corrected chi connectivity index (χ1v) is 7.12. The predicted molar refractivity (Wildman–Crippen MR) is 70.5 cm³/mol. The zero-order valence-electron chi connectivity index (χ0n) is 11.4. The van der Waals surface area contributed by atoms with Crippen LogP contribution in [0.2, 0.25) is 0 Å². The van der Waals surface area contributed by atoms with E-state index >= 15 is 0 Å². The Hall–Kier alpha value is -0.650. The highest BCUT2D eigenvalue weighted by Crippen LogP contribution is 2.08. The molecule has 2 rings (SSSR count). The Morgan fingerprint density at radius 1 is 1.33 bits per heavy atom. The van der Waals surface area contributed by atoms with Crippen LogP contribution in [0.5, 0.6) is 0 Å². The number of morpholine rings is 1. The molecule has 104 valence electrons. The molecule has 18 heavy (non-hydrogen) atoms. The number of nitrogens with zero attached hydrogens (tertiary/aromatic N) is 2. The van der Waals surface area contributed by atoms with Crippen LogP contribution in [-0.4, -0.2) is 74.2 Å². The van der Waals surface area contributed by atoms with Crippen molar-refractivity contribution in [1.82, 2.24) is 15.1 Å². The molecular formula is C13H25N3O2. The van der Waals surface area contributed by atoms with E-state index in [1.165, 1.54) is 6.42 Å². The number of amides is 1. The van der Waals surface area contributed by atoms with E-state index in [0.717, 1.165) is 52.4 Å². The second-order valence-corrected chi connectivity index (χ2v) is 5.12. The van der Waals surface area contributed by atoms with E-state index in [4.69, 9.17) is 4.74 Å². The maximum absolute atomic E-state index is 12.1. The minimum Gasteiger partial charge on any atom is -0.375 e. The molecule has 2 saturated heterocycles. The molecule has 0 radical (unpaired) electrons. The van der Waals surface area contributed by atoms with Gasteiger partial charge in [0, 0.05) is 39.3 Å². The summed E-state index contributed by atoms with van der Waals surface area (Å²) in [5.41, 5.74) is 0. The lowest BCUT2D eigenvalue weighted by atomic mass is 10.2. The fraction of sp³-hybridized carbons (Fsp3) is 0.923. The number of hydrogen-bond donors (Lipinski definition) is 1. The highest BCUT2D eigenvalue weighted by Gasteiger charge is 2.24. The fourth-order valence-electron chi connectivity index (χ4n) is 2.61. The number of carbonyl (C=O) groups excluding carboxylic acids is 1. The molecule has 0 aliphatic carbocycles. The van der Waals surface area contributed by atoms with Gasteiger partial charge >= 0.3 is 0 Å². The number of carbonyl (C=O) groups is 1. The zero-order chi connectivity index (χ0) is 12.8. The minimum absolute atomic E-state index is 0.0694. The summed E-state index contributed by atoms with van der Waals surface area (Å²) >= 11 is 0. The van der Waals surface area contributed by atoms with Crippen molar-refractivity contribution in [2.24, 2.45) is 0 Å². The third-order valence-corrected chi connectivity index (χ3v) is 3.67. The molecule has 1 N–H and O–H groups in total. The molecule has 5 heteroatoms. The van der Waals surface area contributed by atoms with E-state index in [2.05, 4.69) is 17.1 Å². The van der Waals surface area contributed by atoms with Crippen molar-refractivity contribution in [1.29, 1.82) is 0 Å². The van der Waals surface area contributed by atoms with Gasteiger partial charge in [-0.25, -0.2) is 0 Å². The molecule has 0 aromatic rings. The van der Waals surface area contributed by atoms with Gasteiger partial charge in [-0.3, -0.25) is 9.69 Å². The molecule has 0 bridgehead atoms. The maximum Gasteiger partial charge on any atom is 0.225 e. The van der Waals surface area contributed by atoms with Crippen LogP contribution in [0.15, 0.2) is 0 Å². The fourth-order valence-corrected chi connectivity index (χ4v) is 2.61. The van der Waals surface area contributed by atoms with Gasteiger partial charge < -0.3 is 15.0 Å². The highest BCUT2D eigenvalue weighted by molar-refractivity contribution is 5.76. The van der Waals surface area contributed by atoms with Crippen molar-refractivity contribution in [3.63, 3.8) is 0 Å². The quantitative estimate of drug-likeness (QED) is 0.763. The monoisotopic (exact) mass is 255 g/mol. The standard InChI is InChI=1S/C13H25N3O2/c1-2-4-15-5-7-16(8-6-15)13(17)10-12-11-14-3-9-18-12/h12,14H,2-11H2,1H3.